The van der Waals surface area contributed by atoms with Gasteiger partial charge >= 0.3 is 5.96 Å². The molecule has 36 heavy (non-hydrogen) atoms. The molecule has 0 amide bonds. The molecule has 1 saturated heterocycles. The number of guanidine groups is 1. The van der Waals surface area contributed by atoms with Crippen LogP contribution in [0.2, 0.25) is 0 Å². The van der Waals surface area contributed by atoms with Crippen molar-refractivity contribution in [1.29, 1.82) is 0 Å². The maximum atomic E-state index is 4.89. The standard InChI is InChI=1S/C30H37N6/c1-20-15-22(3)28(23(4)16-20)35-13-14-36(29-24(5)17-21(2)18-25(29)6)30(35)33-32-26-9-10-27(31-19-26)34-11-7-8-12-34/h9-10,15-19H,7-8,11-14H2,1-6H3/q+1. The highest BCUT2D eigenvalue weighted by atomic mass is 15.4. The predicted octanol–water partition coefficient (Wildman–Crippen LogP) is 6.84. The molecule has 186 valence electrons. The Morgan fingerprint density at radius 2 is 1.36 bits per heavy atom. The second-order valence-corrected chi connectivity index (χ2v) is 10.4. The van der Waals surface area contributed by atoms with Crippen LogP contribution in [0, 0.1) is 41.5 Å². The van der Waals surface area contributed by atoms with Crippen molar-refractivity contribution in [3.05, 3.63) is 76.0 Å². The van der Waals surface area contributed by atoms with Gasteiger partial charge in [0.25, 0.3) is 0 Å². The maximum Gasteiger partial charge on any atom is 0.422 e. The molecule has 0 N–H and O–H groups in total. The first-order valence-electron chi connectivity index (χ1n) is 13.0. The van der Waals surface area contributed by atoms with E-state index in [9.17, 15) is 0 Å². The van der Waals surface area contributed by atoms with Crippen LogP contribution in [0.3, 0.4) is 0 Å². The molecule has 6 nitrogen and oxygen atoms in total. The molecular weight excluding hydrogens is 444 g/mol. The van der Waals surface area contributed by atoms with Gasteiger partial charge in [0.05, 0.1) is 6.20 Å². The summed E-state index contributed by atoms with van der Waals surface area (Å²) in [7, 11) is 0. The zero-order chi connectivity index (χ0) is 25.4. The number of aromatic nitrogens is 1. The zero-order valence-electron chi connectivity index (χ0n) is 22.5. The third-order valence-corrected chi connectivity index (χ3v) is 7.26. The Labute approximate surface area is 215 Å². The van der Waals surface area contributed by atoms with Crippen LogP contribution < -0.4 is 9.80 Å². The number of hydrogen-bond acceptors (Lipinski definition) is 5. The Bertz CT molecular complexity index is 1300. The summed E-state index contributed by atoms with van der Waals surface area (Å²) in [6.07, 6.45) is 4.32. The zero-order valence-corrected chi connectivity index (χ0v) is 22.5. The Kier molecular flexibility index (Phi) is 6.61. The fourth-order valence-electron chi connectivity index (χ4n) is 5.95. The van der Waals surface area contributed by atoms with Crippen LogP contribution in [-0.2, 0) is 0 Å². The maximum absolute atomic E-state index is 4.89. The third kappa shape index (κ3) is 4.64. The molecule has 3 aromatic rings. The lowest BCUT2D eigenvalue weighted by Gasteiger charge is -2.17. The van der Waals surface area contributed by atoms with E-state index in [1.165, 1.54) is 57.6 Å². The van der Waals surface area contributed by atoms with Gasteiger partial charge in [-0.05, 0) is 88.8 Å². The Morgan fingerprint density at radius 3 is 1.94 bits per heavy atom. The largest absolute Gasteiger partial charge is 0.422 e. The Hall–Kier alpha value is -3.54. The van der Waals surface area contributed by atoms with Crippen LogP contribution in [0.5, 0.6) is 0 Å². The van der Waals surface area contributed by atoms with E-state index < -0.39 is 0 Å². The quantitative estimate of drug-likeness (QED) is 0.303. The normalized spacial score (nSPS) is 16.2. The second kappa shape index (κ2) is 9.84. The molecule has 0 atom stereocenters. The molecular formula is C30H37N6+. The van der Waals surface area contributed by atoms with Crippen molar-refractivity contribution in [2.75, 3.05) is 36.0 Å². The molecule has 5 rings (SSSR count). The molecule has 1 fully saturated rings. The highest BCUT2D eigenvalue weighted by Crippen LogP contribution is 2.33. The summed E-state index contributed by atoms with van der Waals surface area (Å²) in [5.41, 5.74) is 10.8. The molecule has 0 radical (unpaired) electrons. The van der Waals surface area contributed by atoms with Crippen molar-refractivity contribution >= 4 is 28.8 Å². The number of rotatable bonds is 4. The van der Waals surface area contributed by atoms with Crippen LogP contribution in [0.4, 0.5) is 22.9 Å². The van der Waals surface area contributed by atoms with Gasteiger partial charge in [-0.3, -0.25) is 0 Å². The fraction of sp³-hybridized carbons (Fsp3) is 0.400. The van der Waals surface area contributed by atoms with E-state index in [-0.39, 0.29) is 0 Å². The minimum atomic E-state index is 0.770. The predicted molar refractivity (Wildman–Crippen MR) is 149 cm³/mol. The van der Waals surface area contributed by atoms with Gasteiger partial charge in [0.15, 0.2) is 0 Å². The van der Waals surface area contributed by atoms with Crippen LogP contribution in [-0.4, -0.2) is 41.7 Å². The third-order valence-electron chi connectivity index (χ3n) is 7.26. The molecule has 2 aliphatic rings. The topological polar surface area (TPSA) is 47.1 Å². The smallest absolute Gasteiger partial charge is 0.357 e. The van der Waals surface area contributed by atoms with Crippen LogP contribution in [0.15, 0.2) is 52.8 Å². The van der Waals surface area contributed by atoms with Crippen molar-refractivity contribution in [3.8, 4) is 0 Å². The van der Waals surface area contributed by atoms with Gasteiger partial charge in [-0.25, -0.2) is 14.5 Å². The molecule has 3 heterocycles. The monoisotopic (exact) mass is 481 g/mol. The van der Waals surface area contributed by atoms with E-state index in [0.717, 1.165) is 43.6 Å². The van der Waals surface area contributed by atoms with Crippen molar-refractivity contribution in [1.82, 2.24) is 4.98 Å². The number of aryl methyl sites for hydroxylation is 6. The minimum Gasteiger partial charge on any atom is -0.357 e. The average molecular weight is 482 g/mol. The van der Waals surface area contributed by atoms with Crippen molar-refractivity contribution in [2.45, 2.75) is 54.4 Å². The van der Waals surface area contributed by atoms with E-state index in [1.54, 1.807) is 0 Å². The van der Waals surface area contributed by atoms with Crippen LogP contribution in [0.25, 0.3) is 0 Å². The molecule has 0 bridgehead atoms. The number of azo groups is 1. The average Bonchev–Trinajstić information content (AvgIpc) is 3.48. The molecule has 0 saturated carbocycles. The molecule has 6 heteroatoms. The van der Waals surface area contributed by atoms with Gasteiger partial charge in [0.2, 0.25) is 0 Å². The van der Waals surface area contributed by atoms with E-state index in [1.807, 2.05) is 12.3 Å². The van der Waals surface area contributed by atoms with Crippen LogP contribution in [0.1, 0.15) is 46.2 Å². The molecule has 2 aliphatic heterocycles. The Morgan fingerprint density at radius 1 is 0.750 bits per heavy atom. The summed E-state index contributed by atoms with van der Waals surface area (Å²) in [6.45, 7) is 17.0. The van der Waals surface area contributed by atoms with Gasteiger partial charge in [-0.15, -0.1) is 0 Å². The second-order valence-electron chi connectivity index (χ2n) is 10.4. The lowest BCUT2D eigenvalue weighted by molar-refractivity contribution is -0.430. The molecule has 1 aromatic heterocycles. The molecule has 0 aliphatic carbocycles. The molecule has 0 spiro atoms. The van der Waals surface area contributed by atoms with E-state index in [4.69, 9.17) is 5.11 Å². The minimum absolute atomic E-state index is 0.770. The Balaban J connectivity index is 1.58. The summed E-state index contributed by atoms with van der Waals surface area (Å²) >= 11 is 0. The first-order chi connectivity index (χ1) is 17.3. The molecule has 0 unspecified atom stereocenters. The van der Waals surface area contributed by atoms with Gasteiger partial charge < -0.3 is 4.90 Å². The van der Waals surface area contributed by atoms with E-state index >= 15 is 0 Å². The highest BCUT2D eigenvalue weighted by molar-refractivity contribution is 5.96. The van der Waals surface area contributed by atoms with Gasteiger partial charge in [-0.2, -0.15) is 0 Å². The summed E-state index contributed by atoms with van der Waals surface area (Å²) < 4.78 is 2.33. The lowest BCUT2D eigenvalue weighted by Crippen LogP contribution is -2.28. The van der Waals surface area contributed by atoms with Crippen molar-refractivity contribution in [3.63, 3.8) is 0 Å². The lowest BCUT2D eigenvalue weighted by atomic mass is 10.0. The summed E-state index contributed by atoms with van der Waals surface area (Å²) in [5.74, 6) is 1.89. The summed E-state index contributed by atoms with van der Waals surface area (Å²) in [4.78, 5) is 9.34. The number of nitrogens with zero attached hydrogens (tertiary/aromatic N) is 6. The SMILES string of the molecule is Cc1cc(C)c(N2CC[N+](c3c(C)cc(C)cc3C)=C2N=Nc2ccc(N3CCCC3)nc2)c(C)c1. The van der Waals surface area contributed by atoms with Crippen LogP contribution >= 0.6 is 0 Å². The number of anilines is 2. The number of pyridine rings is 1. The number of hydrogen-bond donors (Lipinski definition) is 0. The van der Waals surface area contributed by atoms with Gasteiger partial charge in [0, 0.05) is 18.2 Å². The summed E-state index contributed by atoms with van der Waals surface area (Å²) in [5, 5.41) is 9.57. The first-order valence-corrected chi connectivity index (χ1v) is 13.0. The van der Waals surface area contributed by atoms with E-state index in [0.29, 0.717) is 0 Å². The van der Waals surface area contributed by atoms with Crippen molar-refractivity contribution in [2.24, 2.45) is 10.2 Å². The fourth-order valence-corrected chi connectivity index (χ4v) is 5.95. The van der Waals surface area contributed by atoms with Gasteiger partial charge in [-0.1, -0.05) is 40.5 Å². The number of benzene rings is 2. The highest BCUT2D eigenvalue weighted by Gasteiger charge is 2.36. The molecule has 2 aromatic carbocycles. The van der Waals surface area contributed by atoms with Crippen molar-refractivity contribution < 1.29 is 4.58 Å². The van der Waals surface area contributed by atoms with Gasteiger partial charge in [0.1, 0.15) is 36.0 Å². The van der Waals surface area contributed by atoms with E-state index in [2.05, 4.69) is 96.3 Å². The summed E-state index contributed by atoms with van der Waals surface area (Å²) in [6, 6.07) is 13.1. The first kappa shape index (κ1) is 24.2.